The Hall–Kier alpha value is -0.730. The summed E-state index contributed by atoms with van der Waals surface area (Å²) in [6.07, 6.45) is 0.488. The van der Waals surface area contributed by atoms with Gasteiger partial charge in [0, 0.05) is 37.4 Å². The van der Waals surface area contributed by atoms with Crippen molar-refractivity contribution in [3.63, 3.8) is 0 Å². The highest BCUT2D eigenvalue weighted by Crippen LogP contribution is 2.23. The van der Waals surface area contributed by atoms with Crippen molar-refractivity contribution in [3.8, 4) is 0 Å². The molecule has 0 spiro atoms. The minimum absolute atomic E-state index is 0.0600. The van der Waals surface area contributed by atoms with Crippen LogP contribution in [0.15, 0.2) is 17.0 Å². The minimum Gasteiger partial charge on any atom is -0.385 e. The molecule has 19 heavy (non-hydrogen) atoms. The molecule has 0 radical (unpaired) electrons. The first kappa shape index (κ1) is 16.3. The third kappa shape index (κ3) is 4.39. The van der Waals surface area contributed by atoms with Crippen molar-refractivity contribution in [2.75, 3.05) is 20.3 Å². The predicted molar refractivity (Wildman–Crippen MR) is 71.0 cm³/mol. The van der Waals surface area contributed by atoms with E-state index in [1.165, 1.54) is 13.2 Å². The summed E-state index contributed by atoms with van der Waals surface area (Å²) in [6.45, 7) is 0.438. The number of nitrogens with one attached hydrogen (secondary N) is 1. The lowest BCUT2D eigenvalue weighted by Gasteiger charge is -2.10. The number of benzene rings is 1. The van der Waals surface area contributed by atoms with E-state index in [1.807, 2.05) is 0 Å². The first-order valence-corrected chi connectivity index (χ1v) is 7.45. The number of rotatable bonds is 7. The Morgan fingerprint density at radius 3 is 2.74 bits per heavy atom. The SMILES string of the molecule is COCCCNS(=O)(=O)c1cc(Cl)cc(CN)c1F. The Balaban J connectivity index is 2.98. The normalized spacial score (nSPS) is 11.8. The van der Waals surface area contributed by atoms with E-state index in [4.69, 9.17) is 22.1 Å². The molecular formula is C11H16ClFN2O3S. The lowest BCUT2D eigenvalue weighted by Crippen LogP contribution is -2.26. The first-order chi connectivity index (χ1) is 8.92. The van der Waals surface area contributed by atoms with E-state index >= 15 is 0 Å². The van der Waals surface area contributed by atoms with Crippen molar-refractivity contribution in [2.45, 2.75) is 17.9 Å². The molecule has 0 saturated heterocycles. The van der Waals surface area contributed by atoms with E-state index in [-0.39, 0.29) is 23.7 Å². The van der Waals surface area contributed by atoms with Gasteiger partial charge in [0.05, 0.1) is 0 Å². The van der Waals surface area contributed by atoms with Gasteiger partial charge < -0.3 is 10.5 Å². The van der Waals surface area contributed by atoms with Crippen LogP contribution in [0.5, 0.6) is 0 Å². The van der Waals surface area contributed by atoms with Gasteiger partial charge in [0.2, 0.25) is 10.0 Å². The molecule has 108 valence electrons. The Kier molecular flexibility index (Phi) is 6.15. The summed E-state index contributed by atoms with van der Waals surface area (Å²) in [5.74, 6) is -0.869. The van der Waals surface area contributed by atoms with Gasteiger partial charge in [0.15, 0.2) is 0 Å². The molecule has 0 fully saturated rings. The smallest absolute Gasteiger partial charge is 0.243 e. The number of ether oxygens (including phenoxy) is 1. The molecule has 3 N–H and O–H groups in total. The van der Waals surface area contributed by atoms with E-state index in [0.717, 1.165) is 6.07 Å². The second-order valence-electron chi connectivity index (χ2n) is 3.83. The summed E-state index contributed by atoms with van der Waals surface area (Å²) >= 11 is 5.76. The Morgan fingerprint density at radius 2 is 2.16 bits per heavy atom. The molecule has 0 heterocycles. The summed E-state index contributed by atoms with van der Waals surface area (Å²) in [6, 6.07) is 2.37. The topological polar surface area (TPSA) is 81.4 Å². The van der Waals surface area contributed by atoms with E-state index in [0.29, 0.717) is 13.0 Å². The highest BCUT2D eigenvalue weighted by molar-refractivity contribution is 7.89. The number of hydrogen-bond acceptors (Lipinski definition) is 4. The van der Waals surface area contributed by atoms with Crippen LogP contribution in [-0.4, -0.2) is 28.7 Å². The largest absolute Gasteiger partial charge is 0.385 e. The molecular weight excluding hydrogens is 295 g/mol. The van der Waals surface area contributed by atoms with Gasteiger partial charge in [-0.2, -0.15) is 0 Å². The summed E-state index contributed by atoms with van der Waals surface area (Å²) < 4.78 is 44.9. The van der Waals surface area contributed by atoms with E-state index in [2.05, 4.69) is 4.72 Å². The molecule has 5 nitrogen and oxygen atoms in total. The second kappa shape index (κ2) is 7.16. The van der Waals surface area contributed by atoms with Crippen molar-refractivity contribution in [1.82, 2.24) is 4.72 Å². The highest BCUT2D eigenvalue weighted by atomic mass is 35.5. The van der Waals surface area contributed by atoms with Gasteiger partial charge in [0.25, 0.3) is 0 Å². The molecule has 1 aromatic rings. The van der Waals surface area contributed by atoms with E-state index < -0.39 is 20.7 Å². The third-order valence-corrected chi connectivity index (χ3v) is 4.08. The van der Waals surface area contributed by atoms with E-state index in [1.54, 1.807) is 0 Å². The van der Waals surface area contributed by atoms with Gasteiger partial charge in [0.1, 0.15) is 10.7 Å². The molecule has 1 rings (SSSR count). The van der Waals surface area contributed by atoms with Gasteiger partial charge in [-0.05, 0) is 18.6 Å². The Bertz CT molecular complexity index is 537. The lowest BCUT2D eigenvalue weighted by atomic mass is 10.2. The van der Waals surface area contributed by atoms with Gasteiger partial charge >= 0.3 is 0 Å². The summed E-state index contributed by atoms with van der Waals surface area (Å²) in [5, 5.41) is 0.124. The Labute approximate surface area is 116 Å². The van der Waals surface area contributed by atoms with Crippen LogP contribution in [-0.2, 0) is 21.3 Å². The molecule has 0 unspecified atom stereocenters. The molecule has 0 bridgehead atoms. The third-order valence-electron chi connectivity index (χ3n) is 2.41. The summed E-state index contributed by atoms with van der Waals surface area (Å²) in [7, 11) is -2.43. The zero-order valence-electron chi connectivity index (χ0n) is 10.4. The Morgan fingerprint density at radius 1 is 1.47 bits per heavy atom. The predicted octanol–water partition coefficient (Wildman–Crippen LogP) is 1.25. The van der Waals surface area contributed by atoms with Gasteiger partial charge in [-0.15, -0.1) is 0 Å². The number of sulfonamides is 1. The van der Waals surface area contributed by atoms with Crippen LogP contribution in [0.2, 0.25) is 5.02 Å². The first-order valence-electron chi connectivity index (χ1n) is 5.59. The molecule has 1 aromatic carbocycles. The maximum atomic E-state index is 13.9. The quantitative estimate of drug-likeness (QED) is 0.743. The van der Waals surface area contributed by atoms with Crippen LogP contribution in [0.3, 0.4) is 0 Å². The molecule has 0 atom stereocenters. The molecule has 0 aliphatic rings. The lowest BCUT2D eigenvalue weighted by molar-refractivity contribution is 0.196. The molecule has 0 saturated carbocycles. The average molecular weight is 311 g/mol. The zero-order chi connectivity index (χ0) is 14.5. The van der Waals surface area contributed by atoms with E-state index in [9.17, 15) is 12.8 Å². The average Bonchev–Trinajstić information content (AvgIpc) is 2.37. The fourth-order valence-electron chi connectivity index (χ4n) is 1.46. The van der Waals surface area contributed by atoms with Crippen LogP contribution < -0.4 is 10.5 Å². The molecule has 0 aliphatic carbocycles. The fraction of sp³-hybridized carbons (Fsp3) is 0.455. The van der Waals surface area contributed by atoms with Crippen LogP contribution >= 0.6 is 11.6 Å². The van der Waals surface area contributed by atoms with Gasteiger partial charge in [-0.3, -0.25) is 0 Å². The van der Waals surface area contributed by atoms with Gasteiger partial charge in [-0.25, -0.2) is 17.5 Å². The fourth-order valence-corrected chi connectivity index (χ4v) is 2.99. The minimum atomic E-state index is -3.95. The van der Waals surface area contributed by atoms with Crippen molar-refractivity contribution >= 4 is 21.6 Å². The van der Waals surface area contributed by atoms with Crippen LogP contribution in [0.1, 0.15) is 12.0 Å². The summed E-state index contributed by atoms with van der Waals surface area (Å²) in [4.78, 5) is -0.488. The second-order valence-corrected chi connectivity index (χ2v) is 6.00. The maximum absolute atomic E-state index is 13.9. The monoisotopic (exact) mass is 310 g/mol. The van der Waals surface area contributed by atoms with Crippen molar-refractivity contribution < 1.29 is 17.5 Å². The highest BCUT2D eigenvalue weighted by Gasteiger charge is 2.21. The standard InChI is InChI=1S/C11H16ClFN2O3S/c1-18-4-2-3-15-19(16,17)10-6-9(12)5-8(7-14)11(10)13/h5-6,15H,2-4,7,14H2,1H3. The number of nitrogens with two attached hydrogens (primary N) is 1. The molecule has 8 heteroatoms. The number of methoxy groups -OCH3 is 1. The molecule has 0 amide bonds. The number of hydrogen-bond donors (Lipinski definition) is 2. The maximum Gasteiger partial charge on any atom is 0.243 e. The molecule has 0 aromatic heterocycles. The summed E-state index contributed by atoms with van der Waals surface area (Å²) in [5.41, 5.74) is 5.40. The van der Waals surface area contributed by atoms with Crippen molar-refractivity contribution in [2.24, 2.45) is 5.73 Å². The van der Waals surface area contributed by atoms with Gasteiger partial charge in [-0.1, -0.05) is 11.6 Å². The van der Waals surface area contributed by atoms with Crippen molar-refractivity contribution in [1.29, 1.82) is 0 Å². The van der Waals surface area contributed by atoms with Crippen molar-refractivity contribution in [3.05, 3.63) is 28.5 Å². The number of halogens is 2. The van der Waals surface area contributed by atoms with Crippen LogP contribution in [0.25, 0.3) is 0 Å². The van der Waals surface area contributed by atoms with Crippen LogP contribution in [0, 0.1) is 5.82 Å². The zero-order valence-corrected chi connectivity index (χ0v) is 12.0. The molecule has 0 aliphatic heterocycles. The van der Waals surface area contributed by atoms with Crippen LogP contribution in [0.4, 0.5) is 4.39 Å².